The van der Waals surface area contributed by atoms with Crippen molar-refractivity contribution in [2.24, 2.45) is 5.73 Å². The Labute approximate surface area is 109 Å². The third kappa shape index (κ3) is 4.01. The van der Waals surface area contributed by atoms with E-state index in [1.807, 2.05) is 0 Å². The van der Waals surface area contributed by atoms with Crippen molar-refractivity contribution in [1.82, 2.24) is 4.31 Å². The second-order valence-corrected chi connectivity index (χ2v) is 4.19. The van der Waals surface area contributed by atoms with Crippen LogP contribution in [0.25, 0.3) is 0 Å². The molecule has 9 nitrogen and oxygen atoms in total. The Balaban J connectivity index is 2.83. The zero-order chi connectivity index (χ0) is 13.9. The molecule has 0 atom stereocenters. The van der Waals surface area contributed by atoms with E-state index in [0.717, 1.165) is 12.4 Å². The van der Waals surface area contributed by atoms with Gasteiger partial charge in [-0.15, -0.1) is 0 Å². The Morgan fingerprint density at radius 2 is 1.94 bits per heavy atom. The number of thiol groups is 1. The molecule has 0 saturated heterocycles. The van der Waals surface area contributed by atoms with Crippen LogP contribution in [0.1, 0.15) is 5.56 Å². The number of amidine groups is 1. The largest absolute Gasteiger partial charge is 0.350 e. The van der Waals surface area contributed by atoms with E-state index >= 15 is 0 Å². The highest BCUT2D eigenvalue weighted by atomic mass is 35.7. The summed E-state index contributed by atoms with van der Waals surface area (Å²) >= 11 is 3.67. The van der Waals surface area contributed by atoms with Gasteiger partial charge < -0.3 is 5.73 Å². The SMILES string of the molecule is N=C(c1cc[n+](O[Cl+3]([O-])([O-])[O-])cc1)N(S)C(N)=O. The number of urea groups is 1. The number of pyridine rings is 1. The molecule has 2 amide bonds. The standard InChI is InChI=1S/C7H7ClN4O5S/c9-6(12(18)7(10)13)5-1-3-11(4-2-5)17-8(14,15)16/h1-4,9,18H,(H-,10,13)/p+1. The molecule has 0 radical (unpaired) electrons. The van der Waals surface area contributed by atoms with Crippen molar-refractivity contribution in [3.63, 3.8) is 0 Å². The van der Waals surface area contributed by atoms with Gasteiger partial charge in [-0.05, 0) is 0 Å². The Kier molecular flexibility index (Phi) is 4.32. The lowest BCUT2D eigenvalue weighted by Crippen LogP contribution is -2.71. The summed E-state index contributed by atoms with van der Waals surface area (Å²) in [7, 11) is -4.61. The van der Waals surface area contributed by atoms with E-state index in [2.05, 4.69) is 17.2 Å². The number of hydrogen-bond donors (Lipinski definition) is 3. The zero-order valence-electron chi connectivity index (χ0n) is 8.65. The molecule has 1 heterocycles. The van der Waals surface area contributed by atoms with Gasteiger partial charge in [0.05, 0.1) is 0 Å². The van der Waals surface area contributed by atoms with Gasteiger partial charge >= 0.3 is 6.03 Å². The summed E-state index contributed by atoms with van der Waals surface area (Å²) in [6.07, 6.45) is 2.13. The van der Waals surface area contributed by atoms with Crippen LogP contribution in [-0.4, -0.2) is 16.2 Å². The Morgan fingerprint density at radius 1 is 1.44 bits per heavy atom. The summed E-state index contributed by atoms with van der Waals surface area (Å²) in [5.41, 5.74) is 5.12. The maximum atomic E-state index is 10.7. The van der Waals surface area contributed by atoms with Gasteiger partial charge in [-0.3, -0.25) is 5.41 Å². The molecule has 0 spiro atoms. The Bertz CT molecular complexity index is 462. The van der Waals surface area contributed by atoms with Gasteiger partial charge in [-0.25, -0.2) is 9.10 Å². The second-order valence-electron chi connectivity index (χ2n) is 2.89. The molecule has 11 heteroatoms. The number of carbonyl (C=O) groups is 1. The molecule has 98 valence electrons. The van der Waals surface area contributed by atoms with Crippen LogP contribution in [0.5, 0.6) is 0 Å². The number of primary amides is 1. The van der Waals surface area contributed by atoms with Gasteiger partial charge in [0.2, 0.25) is 22.6 Å². The molecule has 0 aromatic carbocycles. The second kappa shape index (κ2) is 5.37. The lowest BCUT2D eigenvalue weighted by molar-refractivity contribution is -1.94. The van der Waals surface area contributed by atoms with Gasteiger partial charge in [-0.1, -0.05) is 12.8 Å². The highest BCUT2D eigenvalue weighted by Gasteiger charge is 2.27. The molecular weight excluding hydrogens is 288 g/mol. The summed E-state index contributed by atoms with van der Waals surface area (Å²) < 4.78 is 36.0. The van der Waals surface area contributed by atoms with E-state index < -0.39 is 16.3 Å². The van der Waals surface area contributed by atoms with Crippen LogP contribution in [0.2, 0.25) is 0 Å². The van der Waals surface area contributed by atoms with Crippen molar-refractivity contribution >= 4 is 24.7 Å². The van der Waals surface area contributed by atoms with Gasteiger partial charge in [-0.2, -0.15) is 14.0 Å². The number of rotatable bonds is 3. The molecule has 1 aromatic rings. The van der Waals surface area contributed by atoms with Crippen LogP contribution in [0, 0.1) is 15.7 Å². The summed E-state index contributed by atoms with van der Waals surface area (Å²) in [5.74, 6) is -0.319. The van der Waals surface area contributed by atoms with E-state index in [0.29, 0.717) is 9.04 Å². The third-order valence-corrected chi connectivity index (χ3v) is 2.39. The monoisotopic (exact) mass is 295 g/mol. The average molecular weight is 296 g/mol. The normalized spacial score (nSPS) is 10.9. The number of carbonyl (C=O) groups excluding carboxylic acids is 1. The number of aromatic nitrogens is 1. The maximum Gasteiger partial charge on any atom is 0.330 e. The summed E-state index contributed by atoms with van der Waals surface area (Å²) in [5, 5.41) is 7.53. The number of amides is 2. The fourth-order valence-electron chi connectivity index (χ4n) is 0.947. The fraction of sp³-hybridized carbons (Fsp3) is 0. The van der Waals surface area contributed by atoms with Gasteiger partial charge in [0.1, 0.15) is 10.6 Å². The number of nitrogens with two attached hydrogens (primary N) is 1. The lowest BCUT2D eigenvalue weighted by Gasteiger charge is -2.12. The first-order valence-corrected chi connectivity index (χ1v) is 5.83. The minimum atomic E-state index is -4.61. The first-order valence-electron chi connectivity index (χ1n) is 4.20. The van der Waals surface area contributed by atoms with Crippen molar-refractivity contribution in [2.45, 2.75) is 0 Å². The minimum absolute atomic E-state index is 0.212. The molecule has 0 fully saturated rings. The molecule has 0 aliphatic heterocycles. The van der Waals surface area contributed by atoms with E-state index in [-0.39, 0.29) is 11.4 Å². The molecule has 18 heavy (non-hydrogen) atoms. The van der Waals surface area contributed by atoms with Crippen LogP contribution in [0.3, 0.4) is 0 Å². The van der Waals surface area contributed by atoms with Gasteiger partial charge in [0, 0.05) is 17.7 Å². The van der Waals surface area contributed by atoms with Crippen LogP contribution < -0.4 is 28.8 Å². The summed E-state index contributed by atoms with van der Waals surface area (Å²) in [6.45, 7) is 0. The smallest absolute Gasteiger partial charge is 0.330 e. The molecule has 0 bridgehead atoms. The average Bonchev–Trinajstić information content (AvgIpc) is 2.26. The topological polar surface area (TPSA) is 152 Å². The van der Waals surface area contributed by atoms with Crippen LogP contribution in [0.4, 0.5) is 4.79 Å². The highest BCUT2D eigenvalue weighted by molar-refractivity contribution is 7.79. The fourth-order valence-corrected chi connectivity index (χ4v) is 1.35. The number of nitrogens with one attached hydrogen (secondary N) is 1. The predicted octanol–water partition coefficient (Wildman–Crippen LogP) is -4.15. The van der Waals surface area contributed by atoms with Crippen molar-refractivity contribution in [3.05, 3.63) is 30.1 Å². The molecule has 0 aliphatic rings. The van der Waals surface area contributed by atoms with Crippen LogP contribution in [-0.2, 0) is 0 Å². The first-order chi connectivity index (χ1) is 8.20. The molecule has 3 N–H and O–H groups in total. The Hall–Kier alpha value is -1.59. The zero-order valence-corrected chi connectivity index (χ0v) is 10.3. The first kappa shape index (κ1) is 14.5. The maximum absolute atomic E-state index is 10.7. The van der Waals surface area contributed by atoms with E-state index in [1.165, 1.54) is 12.1 Å². The van der Waals surface area contributed by atoms with Crippen molar-refractivity contribution in [3.8, 4) is 0 Å². The summed E-state index contributed by atoms with van der Waals surface area (Å²) in [6, 6.07) is 1.52. The predicted molar refractivity (Wildman–Crippen MR) is 50.5 cm³/mol. The van der Waals surface area contributed by atoms with Gasteiger partial charge in [0.25, 0.3) is 0 Å². The van der Waals surface area contributed by atoms with E-state index in [9.17, 15) is 18.8 Å². The Morgan fingerprint density at radius 3 is 2.33 bits per heavy atom. The number of hydrogen-bond acceptors (Lipinski definition) is 7. The van der Waals surface area contributed by atoms with Crippen molar-refractivity contribution in [1.29, 1.82) is 5.41 Å². The minimum Gasteiger partial charge on any atom is -0.350 e. The third-order valence-electron chi connectivity index (χ3n) is 1.66. The molecule has 1 aromatic heterocycles. The number of halogens is 1. The molecular formula is C7H8ClN4O5S+. The summed E-state index contributed by atoms with van der Waals surface area (Å²) in [4.78, 5) is 10.7. The van der Waals surface area contributed by atoms with Crippen molar-refractivity contribution < 1.29 is 38.1 Å². The van der Waals surface area contributed by atoms with Crippen molar-refractivity contribution in [2.75, 3.05) is 0 Å². The van der Waals surface area contributed by atoms with E-state index in [1.54, 1.807) is 0 Å². The highest BCUT2D eigenvalue weighted by Crippen LogP contribution is 2.04. The number of nitrogens with zero attached hydrogens (tertiary/aromatic N) is 2. The van der Waals surface area contributed by atoms with Crippen LogP contribution in [0.15, 0.2) is 24.5 Å². The van der Waals surface area contributed by atoms with Crippen LogP contribution >= 0.6 is 12.8 Å². The molecule has 0 unspecified atom stereocenters. The quantitative estimate of drug-likeness (QED) is 0.224. The molecule has 1 rings (SSSR count). The lowest BCUT2D eigenvalue weighted by atomic mass is 10.2. The molecule has 0 aliphatic carbocycles. The van der Waals surface area contributed by atoms with Gasteiger partial charge in [0.15, 0.2) is 4.39 Å². The molecule has 0 saturated carbocycles. The van der Waals surface area contributed by atoms with E-state index in [4.69, 9.17) is 11.1 Å².